The van der Waals surface area contributed by atoms with E-state index in [2.05, 4.69) is 19.2 Å². The molecule has 0 aromatic heterocycles. The highest BCUT2D eigenvalue weighted by Gasteiger charge is 2.11. The molecule has 0 fully saturated rings. The Labute approximate surface area is 127 Å². The zero-order valence-electron chi connectivity index (χ0n) is 13.3. The van der Waals surface area contributed by atoms with Gasteiger partial charge in [0.15, 0.2) is 0 Å². The van der Waals surface area contributed by atoms with Crippen LogP contribution in [0.15, 0.2) is 30.3 Å². The van der Waals surface area contributed by atoms with Gasteiger partial charge in [-0.3, -0.25) is 9.59 Å². The molecule has 1 rings (SSSR count). The molecule has 4 heteroatoms. The highest BCUT2D eigenvalue weighted by molar-refractivity contribution is 5.78. The monoisotopic (exact) mass is 290 g/mol. The first-order chi connectivity index (χ1) is 9.99. The first-order valence-electron chi connectivity index (χ1n) is 7.55. The van der Waals surface area contributed by atoms with Crippen molar-refractivity contribution in [2.24, 2.45) is 5.92 Å². The maximum Gasteiger partial charge on any atom is 0.222 e. The number of rotatable bonds is 8. The highest BCUT2D eigenvalue weighted by Crippen LogP contribution is 2.03. The van der Waals surface area contributed by atoms with Crippen LogP contribution in [0.25, 0.3) is 0 Å². The zero-order valence-corrected chi connectivity index (χ0v) is 13.3. The van der Waals surface area contributed by atoms with Crippen LogP contribution in [0.3, 0.4) is 0 Å². The molecule has 0 saturated carbocycles. The Morgan fingerprint density at radius 2 is 1.81 bits per heavy atom. The summed E-state index contributed by atoms with van der Waals surface area (Å²) in [7, 11) is 0. The molecule has 0 aliphatic rings. The lowest BCUT2D eigenvalue weighted by atomic mass is 10.1. The molecule has 0 heterocycles. The van der Waals surface area contributed by atoms with Crippen molar-refractivity contribution < 1.29 is 9.59 Å². The molecule has 0 spiro atoms. The van der Waals surface area contributed by atoms with Gasteiger partial charge in [0, 0.05) is 33.0 Å². The van der Waals surface area contributed by atoms with Gasteiger partial charge in [0.2, 0.25) is 11.8 Å². The van der Waals surface area contributed by atoms with E-state index in [1.165, 1.54) is 0 Å². The van der Waals surface area contributed by atoms with Crippen molar-refractivity contribution in [3.8, 4) is 0 Å². The molecular formula is C17H26N2O2. The van der Waals surface area contributed by atoms with Crippen molar-refractivity contribution in [3.63, 3.8) is 0 Å². The fourth-order valence-electron chi connectivity index (χ4n) is 1.96. The van der Waals surface area contributed by atoms with Crippen molar-refractivity contribution in [1.29, 1.82) is 0 Å². The fraction of sp³-hybridized carbons (Fsp3) is 0.529. The summed E-state index contributed by atoms with van der Waals surface area (Å²) in [6.45, 7) is 7.56. The second kappa shape index (κ2) is 9.16. The topological polar surface area (TPSA) is 49.4 Å². The number of hydrogen-bond donors (Lipinski definition) is 1. The minimum Gasteiger partial charge on any atom is -0.352 e. The number of nitrogens with one attached hydrogen (secondary N) is 1. The van der Waals surface area contributed by atoms with Gasteiger partial charge in [-0.15, -0.1) is 0 Å². The van der Waals surface area contributed by atoms with Gasteiger partial charge >= 0.3 is 0 Å². The Bertz CT molecular complexity index is 443. The molecule has 1 aromatic rings. The van der Waals surface area contributed by atoms with Crippen LogP contribution in [0.2, 0.25) is 0 Å². The van der Waals surface area contributed by atoms with E-state index in [9.17, 15) is 9.59 Å². The van der Waals surface area contributed by atoms with E-state index < -0.39 is 0 Å². The van der Waals surface area contributed by atoms with Crippen molar-refractivity contribution in [3.05, 3.63) is 35.9 Å². The lowest BCUT2D eigenvalue weighted by Gasteiger charge is -2.21. The third-order valence-corrected chi connectivity index (χ3v) is 3.36. The van der Waals surface area contributed by atoms with Crippen molar-refractivity contribution in [2.45, 2.75) is 40.2 Å². The van der Waals surface area contributed by atoms with Crippen LogP contribution in [-0.4, -0.2) is 29.8 Å². The lowest BCUT2D eigenvalue weighted by molar-refractivity contribution is -0.129. The smallest absolute Gasteiger partial charge is 0.222 e. The van der Waals surface area contributed by atoms with Gasteiger partial charge in [0.1, 0.15) is 0 Å². The molecule has 1 N–H and O–H groups in total. The van der Waals surface area contributed by atoms with E-state index >= 15 is 0 Å². The van der Waals surface area contributed by atoms with Gasteiger partial charge in [-0.05, 0) is 17.9 Å². The van der Waals surface area contributed by atoms with Gasteiger partial charge < -0.3 is 10.2 Å². The largest absolute Gasteiger partial charge is 0.352 e. The Morgan fingerprint density at radius 3 is 2.38 bits per heavy atom. The van der Waals surface area contributed by atoms with Crippen LogP contribution >= 0.6 is 0 Å². The second-order valence-electron chi connectivity index (χ2n) is 5.70. The van der Waals surface area contributed by atoms with Gasteiger partial charge in [-0.2, -0.15) is 0 Å². The highest BCUT2D eigenvalue weighted by atomic mass is 16.2. The minimum atomic E-state index is -0.0188. The average molecular weight is 290 g/mol. The summed E-state index contributed by atoms with van der Waals surface area (Å²) in [6.07, 6.45) is 1.32. The number of carbonyl (C=O) groups is 2. The van der Waals surface area contributed by atoms with E-state index in [1.807, 2.05) is 30.3 Å². The summed E-state index contributed by atoms with van der Waals surface area (Å²) in [4.78, 5) is 25.1. The number of carbonyl (C=O) groups excluding carboxylic acids is 2. The van der Waals surface area contributed by atoms with Crippen LogP contribution < -0.4 is 5.32 Å². The minimum absolute atomic E-state index is 0.0188. The van der Waals surface area contributed by atoms with E-state index in [4.69, 9.17) is 0 Å². The third kappa shape index (κ3) is 7.49. The number of amides is 2. The molecule has 0 aliphatic carbocycles. The Balaban J connectivity index is 2.31. The van der Waals surface area contributed by atoms with Gasteiger partial charge in [-0.1, -0.05) is 44.2 Å². The fourth-order valence-corrected chi connectivity index (χ4v) is 1.96. The standard InChI is InChI=1S/C17H26N2O2/c1-14(2)9-11-19(15(3)20)12-10-17(21)18-13-16-7-5-4-6-8-16/h4-8,14H,9-13H2,1-3H3,(H,18,21). The molecule has 0 saturated heterocycles. The van der Waals surface area contributed by atoms with E-state index in [0.29, 0.717) is 25.4 Å². The molecule has 0 radical (unpaired) electrons. The number of hydrogen-bond acceptors (Lipinski definition) is 2. The summed E-state index contributed by atoms with van der Waals surface area (Å²) in [6, 6.07) is 9.80. The average Bonchev–Trinajstić information content (AvgIpc) is 2.45. The van der Waals surface area contributed by atoms with Crippen LogP contribution in [0.4, 0.5) is 0 Å². The van der Waals surface area contributed by atoms with E-state index in [-0.39, 0.29) is 11.8 Å². The van der Waals surface area contributed by atoms with Crippen LogP contribution in [0, 0.1) is 5.92 Å². The molecule has 0 unspecified atom stereocenters. The summed E-state index contributed by atoms with van der Waals surface area (Å²) < 4.78 is 0. The second-order valence-corrected chi connectivity index (χ2v) is 5.70. The zero-order chi connectivity index (χ0) is 15.7. The van der Waals surface area contributed by atoms with Gasteiger partial charge in [-0.25, -0.2) is 0 Å². The summed E-state index contributed by atoms with van der Waals surface area (Å²) in [5.74, 6) is 0.569. The van der Waals surface area contributed by atoms with Crippen LogP contribution in [-0.2, 0) is 16.1 Å². The Morgan fingerprint density at radius 1 is 1.14 bits per heavy atom. The van der Waals surface area contributed by atoms with Crippen molar-refractivity contribution >= 4 is 11.8 Å². The quantitative estimate of drug-likeness (QED) is 0.800. The molecule has 21 heavy (non-hydrogen) atoms. The van der Waals surface area contributed by atoms with E-state index in [1.54, 1.807) is 11.8 Å². The predicted octanol–water partition coefficient (Wildman–Crippen LogP) is 2.59. The maximum absolute atomic E-state index is 11.8. The molecule has 2 amide bonds. The number of nitrogens with zero attached hydrogens (tertiary/aromatic N) is 1. The molecule has 0 atom stereocenters. The first-order valence-corrected chi connectivity index (χ1v) is 7.55. The predicted molar refractivity (Wildman–Crippen MR) is 84.6 cm³/mol. The van der Waals surface area contributed by atoms with Gasteiger partial charge in [0.05, 0.1) is 0 Å². The summed E-state index contributed by atoms with van der Waals surface area (Å²) >= 11 is 0. The molecule has 0 aliphatic heterocycles. The lowest BCUT2D eigenvalue weighted by Crippen LogP contribution is -2.34. The SMILES string of the molecule is CC(=O)N(CCC(=O)NCc1ccccc1)CCC(C)C. The molecule has 1 aromatic carbocycles. The summed E-state index contributed by atoms with van der Waals surface area (Å²) in [5, 5.41) is 2.88. The molecular weight excluding hydrogens is 264 g/mol. The first kappa shape index (κ1) is 17.2. The Kier molecular flexibility index (Phi) is 7.51. The van der Waals surface area contributed by atoms with Crippen molar-refractivity contribution in [2.75, 3.05) is 13.1 Å². The van der Waals surface area contributed by atoms with E-state index in [0.717, 1.165) is 18.5 Å². The summed E-state index contributed by atoms with van der Waals surface area (Å²) in [5.41, 5.74) is 1.08. The van der Waals surface area contributed by atoms with Crippen LogP contribution in [0.1, 0.15) is 39.2 Å². The normalized spacial score (nSPS) is 10.5. The maximum atomic E-state index is 11.8. The van der Waals surface area contributed by atoms with Gasteiger partial charge in [0.25, 0.3) is 0 Å². The Hall–Kier alpha value is -1.84. The van der Waals surface area contributed by atoms with Crippen molar-refractivity contribution in [1.82, 2.24) is 10.2 Å². The molecule has 116 valence electrons. The molecule has 0 bridgehead atoms. The molecule has 4 nitrogen and oxygen atoms in total. The third-order valence-electron chi connectivity index (χ3n) is 3.36. The van der Waals surface area contributed by atoms with Crippen LogP contribution in [0.5, 0.6) is 0 Å². The number of benzene rings is 1.